The minimum atomic E-state index is 0.564. The summed E-state index contributed by atoms with van der Waals surface area (Å²) in [6, 6.07) is 1.88. The van der Waals surface area contributed by atoms with Crippen LogP contribution >= 0.6 is 23.2 Å². The van der Waals surface area contributed by atoms with E-state index in [1.807, 2.05) is 17.7 Å². The number of likely N-dealkylation sites (tertiary alicyclic amines) is 1. The standard InChI is InChI=1S/C16H27Cl2N5/c1-19-16(20-7-4-12-5-8-22(2)9-6-12)21-11-13-10-14(17)15(18)23(13)3/h10,12H,4-9,11H2,1-3H3,(H2,19,20,21). The van der Waals surface area contributed by atoms with Gasteiger partial charge in [-0.3, -0.25) is 4.99 Å². The molecule has 0 radical (unpaired) electrons. The Kier molecular flexibility index (Phi) is 7.06. The molecule has 1 fully saturated rings. The molecule has 7 heteroatoms. The average Bonchev–Trinajstić information content (AvgIpc) is 2.79. The van der Waals surface area contributed by atoms with Crippen LogP contribution in [0, 0.1) is 5.92 Å². The van der Waals surface area contributed by atoms with Crippen LogP contribution in [0.5, 0.6) is 0 Å². The van der Waals surface area contributed by atoms with E-state index in [1.165, 1.54) is 32.4 Å². The summed E-state index contributed by atoms with van der Waals surface area (Å²) < 4.78 is 1.88. The first-order valence-corrected chi connectivity index (χ1v) is 8.89. The van der Waals surface area contributed by atoms with E-state index in [0.717, 1.165) is 24.1 Å². The third-order valence-corrected chi connectivity index (χ3v) is 5.40. The highest BCUT2D eigenvalue weighted by Gasteiger charge is 2.16. The molecule has 1 saturated heterocycles. The van der Waals surface area contributed by atoms with Crippen molar-refractivity contribution in [3.8, 4) is 0 Å². The average molecular weight is 360 g/mol. The molecule has 1 aliphatic heterocycles. The Bertz CT molecular complexity index is 533. The van der Waals surface area contributed by atoms with Gasteiger partial charge in [-0.25, -0.2) is 0 Å². The lowest BCUT2D eigenvalue weighted by atomic mass is 9.94. The second-order valence-electron chi connectivity index (χ2n) is 6.22. The van der Waals surface area contributed by atoms with Gasteiger partial charge >= 0.3 is 0 Å². The van der Waals surface area contributed by atoms with Crippen molar-refractivity contribution >= 4 is 29.2 Å². The zero-order valence-electron chi connectivity index (χ0n) is 14.2. The summed E-state index contributed by atoms with van der Waals surface area (Å²) in [5.74, 6) is 1.63. The fourth-order valence-electron chi connectivity index (χ4n) is 2.90. The molecule has 0 atom stereocenters. The summed E-state index contributed by atoms with van der Waals surface area (Å²) >= 11 is 12.1. The van der Waals surface area contributed by atoms with Crippen LogP contribution in [0.3, 0.4) is 0 Å². The van der Waals surface area contributed by atoms with E-state index in [-0.39, 0.29) is 0 Å². The number of hydrogen-bond donors (Lipinski definition) is 2. The highest BCUT2D eigenvalue weighted by Crippen LogP contribution is 2.24. The van der Waals surface area contributed by atoms with E-state index >= 15 is 0 Å². The zero-order valence-corrected chi connectivity index (χ0v) is 15.7. The summed E-state index contributed by atoms with van der Waals surface area (Å²) in [7, 11) is 5.89. The Morgan fingerprint density at radius 1 is 1.26 bits per heavy atom. The predicted octanol–water partition coefficient (Wildman–Crippen LogP) is 2.73. The molecule has 1 aromatic rings. The van der Waals surface area contributed by atoms with Gasteiger partial charge in [0.05, 0.1) is 11.6 Å². The lowest BCUT2D eigenvalue weighted by molar-refractivity contribution is 0.213. The van der Waals surface area contributed by atoms with Gasteiger partial charge in [0.15, 0.2) is 5.96 Å². The number of rotatable bonds is 5. The van der Waals surface area contributed by atoms with Gasteiger partial charge in [0.1, 0.15) is 5.15 Å². The number of guanidine groups is 1. The van der Waals surface area contributed by atoms with Crippen LogP contribution in [0.15, 0.2) is 11.1 Å². The molecule has 2 rings (SSSR count). The number of halogens is 2. The molecule has 0 aromatic carbocycles. The molecule has 1 aromatic heterocycles. The van der Waals surface area contributed by atoms with Crippen LogP contribution in [0.1, 0.15) is 25.0 Å². The Hall–Kier alpha value is -0.910. The highest BCUT2D eigenvalue weighted by molar-refractivity contribution is 6.41. The van der Waals surface area contributed by atoms with E-state index in [4.69, 9.17) is 23.2 Å². The van der Waals surface area contributed by atoms with Gasteiger partial charge < -0.3 is 20.1 Å². The SMILES string of the molecule is CN=C(NCCC1CCN(C)CC1)NCc1cc(Cl)c(Cl)n1C. The second kappa shape index (κ2) is 8.81. The summed E-state index contributed by atoms with van der Waals surface area (Å²) in [5, 5.41) is 7.84. The Morgan fingerprint density at radius 2 is 1.96 bits per heavy atom. The molecule has 0 bridgehead atoms. The monoisotopic (exact) mass is 359 g/mol. The number of nitrogens with one attached hydrogen (secondary N) is 2. The number of aliphatic imine (C=N–C) groups is 1. The van der Waals surface area contributed by atoms with Crippen LogP contribution in [-0.4, -0.2) is 49.2 Å². The highest BCUT2D eigenvalue weighted by atomic mass is 35.5. The fourth-order valence-corrected chi connectivity index (χ4v) is 3.31. The van der Waals surface area contributed by atoms with Crippen LogP contribution in [0.25, 0.3) is 0 Å². The molecule has 1 aliphatic rings. The molecule has 0 spiro atoms. The first-order chi connectivity index (χ1) is 11.0. The molecule has 0 saturated carbocycles. The van der Waals surface area contributed by atoms with Gasteiger partial charge in [-0.1, -0.05) is 23.2 Å². The Balaban J connectivity index is 1.72. The molecular formula is C16H27Cl2N5. The first kappa shape index (κ1) is 18.4. The van der Waals surface area contributed by atoms with Crippen molar-refractivity contribution in [3.63, 3.8) is 0 Å². The molecule has 2 N–H and O–H groups in total. The van der Waals surface area contributed by atoms with Gasteiger partial charge in [-0.15, -0.1) is 0 Å². The van der Waals surface area contributed by atoms with Crippen molar-refractivity contribution < 1.29 is 0 Å². The second-order valence-corrected chi connectivity index (χ2v) is 6.99. The maximum absolute atomic E-state index is 6.08. The fraction of sp³-hybridized carbons (Fsp3) is 0.688. The maximum Gasteiger partial charge on any atom is 0.191 e. The third-order valence-electron chi connectivity index (χ3n) is 4.56. The van der Waals surface area contributed by atoms with Crippen LogP contribution in [-0.2, 0) is 13.6 Å². The Morgan fingerprint density at radius 3 is 2.52 bits per heavy atom. The molecule has 0 aliphatic carbocycles. The zero-order chi connectivity index (χ0) is 16.8. The lowest BCUT2D eigenvalue weighted by Crippen LogP contribution is -2.39. The largest absolute Gasteiger partial charge is 0.356 e. The maximum atomic E-state index is 6.08. The van der Waals surface area contributed by atoms with E-state index in [2.05, 4.69) is 27.6 Å². The van der Waals surface area contributed by atoms with Gasteiger partial charge in [0.2, 0.25) is 0 Å². The quantitative estimate of drug-likeness (QED) is 0.627. The normalized spacial score (nSPS) is 17.5. The van der Waals surface area contributed by atoms with Crippen LogP contribution in [0.2, 0.25) is 10.2 Å². The van der Waals surface area contributed by atoms with Gasteiger partial charge in [0.25, 0.3) is 0 Å². The minimum absolute atomic E-state index is 0.564. The summed E-state index contributed by atoms with van der Waals surface area (Å²) in [6.45, 7) is 4.01. The molecule has 0 amide bonds. The summed E-state index contributed by atoms with van der Waals surface area (Å²) in [5.41, 5.74) is 1.03. The lowest BCUT2D eigenvalue weighted by Gasteiger charge is -2.29. The number of aromatic nitrogens is 1. The van der Waals surface area contributed by atoms with Crippen molar-refractivity contribution in [2.75, 3.05) is 33.7 Å². The minimum Gasteiger partial charge on any atom is -0.356 e. The number of piperidine rings is 1. The smallest absolute Gasteiger partial charge is 0.191 e. The molecule has 2 heterocycles. The van der Waals surface area contributed by atoms with Crippen molar-refractivity contribution in [2.45, 2.75) is 25.8 Å². The molecule has 5 nitrogen and oxygen atoms in total. The molecule has 0 unspecified atom stereocenters. The van der Waals surface area contributed by atoms with Crippen LogP contribution < -0.4 is 10.6 Å². The molecule has 23 heavy (non-hydrogen) atoms. The van der Waals surface area contributed by atoms with Crippen molar-refractivity contribution in [3.05, 3.63) is 21.9 Å². The Labute approximate surface area is 149 Å². The topological polar surface area (TPSA) is 44.6 Å². The predicted molar refractivity (Wildman–Crippen MR) is 98.5 cm³/mol. The summed E-state index contributed by atoms with van der Waals surface area (Å²) in [6.07, 6.45) is 3.78. The van der Waals surface area contributed by atoms with Gasteiger partial charge in [-0.2, -0.15) is 0 Å². The van der Waals surface area contributed by atoms with Gasteiger partial charge in [-0.05, 0) is 51.4 Å². The third kappa shape index (κ3) is 5.30. The summed E-state index contributed by atoms with van der Waals surface area (Å²) in [4.78, 5) is 6.67. The number of nitrogens with zero attached hydrogens (tertiary/aromatic N) is 3. The molecule has 130 valence electrons. The van der Waals surface area contributed by atoms with E-state index in [0.29, 0.717) is 16.7 Å². The molecular weight excluding hydrogens is 333 g/mol. The first-order valence-electron chi connectivity index (χ1n) is 8.14. The van der Waals surface area contributed by atoms with Crippen molar-refractivity contribution in [2.24, 2.45) is 18.0 Å². The van der Waals surface area contributed by atoms with E-state index in [9.17, 15) is 0 Å². The van der Waals surface area contributed by atoms with Crippen LogP contribution in [0.4, 0.5) is 0 Å². The van der Waals surface area contributed by atoms with Crippen molar-refractivity contribution in [1.82, 2.24) is 20.1 Å². The van der Waals surface area contributed by atoms with E-state index in [1.54, 1.807) is 7.05 Å². The van der Waals surface area contributed by atoms with Gasteiger partial charge in [0, 0.05) is 26.3 Å². The van der Waals surface area contributed by atoms with E-state index < -0.39 is 0 Å². The van der Waals surface area contributed by atoms with Crippen molar-refractivity contribution in [1.29, 1.82) is 0 Å². The number of hydrogen-bond acceptors (Lipinski definition) is 2.